The number of aromatic hydroxyl groups is 2. The summed E-state index contributed by atoms with van der Waals surface area (Å²) in [5, 5.41) is 22.6. The first-order chi connectivity index (χ1) is 9.15. The van der Waals surface area contributed by atoms with E-state index in [1.807, 2.05) is 18.2 Å². The number of benzene rings is 1. The van der Waals surface area contributed by atoms with Gasteiger partial charge >= 0.3 is 5.97 Å². The quantitative estimate of drug-likeness (QED) is 0.526. The van der Waals surface area contributed by atoms with Gasteiger partial charge in [0.1, 0.15) is 17.2 Å². The molecule has 19 heavy (non-hydrogen) atoms. The van der Waals surface area contributed by atoms with Crippen LogP contribution in [-0.2, 0) is 4.79 Å². The molecule has 0 fully saturated rings. The normalized spacial score (nSPS) is 24.5. The van der Waals surface area contributed by atoms with Crippen molar-refractivity contribution in [2.45, 2.75) is 18.4 Å². The van der Waals surface area contributed by atoms with Crippen LogP contribution in [0.15, 0.2) is 36.6 Å². The summed E-state index contributed by atoms with van der Waals surface area (Å²) in [7, 11) is 0. The third-order valence-electron chi connectivity index (χ3n) is 3.33. The smallest absolute Gasteiger partial charge is 0.311 e. The second-order valence-corrected chi connectivity index (χ2v) is 4.60. The van der Waals surface area contributed by atoms with Gasteiger partial charge < -0.3 is 20.3 Å². The van der Waals surface area contributed by atoms with E-state index in [-0.39, 0.29) is 41.6 Å². The molecule has 5 heteroatoms. The minimum Gasteiger partial charge on any atom is -0.508 e. The molecule has 0 saturated heterocycles. The zero-order valence-corrected chi connectivity index (χ0v) is 10.0. The van der Waals surface area contributed by atoms with E-state index < -0.39 is 0 Å². The molecule has 2 atom stereocenters. The Morgan fingerprint density at radius 3 is 2.84 bits per heavy atom. The van der Waals surface area contributed by atoms with Gasteiger partial charge in [0.25, 0.3) is 0 Å². The van der Waals surface area contributed by atoms with Crippen molar-refractivity contribution in [1.82, 2.24) is 5.32 Å². The fourth-order valence-electron chi connectivity index (χ4n) is 2.52. The first-order valence-electron chi connectivity index (χ1n) is 6.01. The number of nitrogens with one attached hydrogen (secondary N) is 1. The van der Waals surface area contributed by atoms with Crippen LogP contribution >= 0.6 is 0 Å². The summed E-state index contributed by atoms with van der Waals surface area (Å²) in [4.78, 5) is 11.6. The molecule has 1 aromatic rings. The van der Waals surface area contributed by atoms with Crippen molar-refractivity contribution >= 4 is 5.97 Å². The monoisotopic (exact) mass is 259 g/mol. The fourth-order valence-corrected chi connectivity index (χ4v) is 2.52. The second kappa shape index (κ2) is 4.35. The number of allylic oxidation sites excluding steroid dienone is 2. The molecule has 0 bridgehead atoms. The van der Waals surface area contributed by atoms with E-state index in [0.717, 1.165) is 0 Å². The van der Waals surface area contributed by atoms with Crippen LogP contribution in [0.5, 0.6) is 17.2 Å². The maximum absolute atomic E-state index is 11.6. The number of carbonyl (C=O) groups is 1. The van der Waals surface area contributed by atoms with Crippen LogP contribution in [0.25, 0.3) is 0 Å². The first kappa shape index (κ1) is 11.6. The van der Waals surface area contributed by atoms with Gasteiger partial charge in [0.05, 0.1) is 12.5 Å². The van der Waals surface area contributed by atoms with Crippen molar-refractivity contribution in [3.05, 3.63) is 42.1 Å². The van der Waals surface area contributed by atoms with Gasteiger partial charge in [0.2, 0.25) is 0 Å². The highest BCUT2D eigenvalue weighted by atomic mass is 16.5. The topological polar surface area (TPSA) is 78.8 Å². The molecular weight excluding hydrogens is 246 g/mol. The van der Waals surface area contributed by atoms with Gasteiger partial charge in [-0.25, -0.2) is 0 Å². The number of phenols is 2. The molecule has 98 valence electrons. The standard InChI is InChI=1S/C14H13NO4/c16-8-5-11(17)14-9(10-3-1-2-4-15-10)7-13(18)19-12(14)6-8/h1-6,9-10,15-17H,7H2/t9-,10?/m0/s1. The van der Waals surface area contributed by atoms with Crippen molar-refractivity contribution in [1.29, 1.82) is 0 Å². The molecule has 0 radical (unpaired) electrons. The Kier molecular flexibility index (Phi) is 2.67. The van der Waals surface area contributed by atoms with Crippen molar-refractivity contribution in [3.63, 3.8) is 0 Å². The summed E-state index contributed by atoms with van der Waals surface area (Å²) in [5.41, 5.74) is 0.551. The van der Waals surface area contributed by atoms with Gasteiger partial charge in [0.15, 0.2) is 0 Å². The summed E-state index contributed by atoms with van der Waals surface area (Å²) in [6.45, 7) is 0. The van der Waals surface area contributed by atoms with Gasteiger partial charge in [0, 0.05) is 23.6 Å². The van der Waals surface area contributed by atoms with Gasteiger partial charge in [-0.1, -0.05) is 12.2 Å². The van der Waals surface area contributed by atoms with Crippen LogP contribution in [0.1, 0.15) is 17.9 Å². The third kappa shape index (κ3) is 2.03. The number of hydrogen-bond acceptors (Lipinski definition) is 5. The van der Waals surface area contributed by atoms with E-state index in [9.17, 15) is 15.0 Å². The van der Waals surface area contributed by atoms with Crippen LogP contribution < -0.4 is 10.1 Å². The van der Waals surface area contributed by atoms with E-state index in [0.29, 0.717) is 5.56 Å². The summed E-state index contributed by atoms with van der Waals surface area (Å²) in [5.74, 6) is -0.553. The predicted molar refractivity (Wildman–Crippen MR) is 68.0 cm³/mol. The molecular formula is C14H13NO4. The Morgan fingerprint density at radius 1 is 1.26 bits per heavy atom. The number of rotatable bonds is 1. The molecule has 1 unspecified atom stereocenters. The van der Waals surface area contributed by atoms with Crippen molar-refractivity contribution in [2.24, 2.45) is 0 Å². The number of esters is 1. The van der Waals surface area contributed by atoms with Crippen molar-refractivity contribution in [3.8, 4) is 17.2 Å². The first-order valence-corrected chi connectivity index (χ1v) is 6.01. The van der Waals surface area contributed by atoms with Crippen molar-refractivity contribution in [2.75, 3.05) is 0 Å². The van der Waals surface area contributed by atoms with Gasteiger partial charge in [-0.05, 0) is 12.3 Å². The largest absolute Gasteiger partial charge is 0.508 e. The van der Waals surface area contributed by atoms with Gasteiger partial charge in [-0.2, -0.15) is 0 Å². The minimum absolute atomic E-state index is 0.0581. The van der Waals surface area contributed by atoms with Crippen molar-refractivity contribution < 1.29 is 19.7 Å². The number of fused-ring (bicyclic) bond motifs is 1. The van der Waals surface area contributed by atoms with Crippen LogP contribution in [0.3, 0.4) is 0 Å². The molecule has 2 heterocycles. The number of dihydropyridines is 1. The van der Waals surface area contributed by atoms with E-state index in [1.54, 1.807) is 6.20 Å². The lowest BCUT2D eigenvalue weighted by atomic mass is 9.85. The molecule has 3 N–H and O–H groups in total. The Hall–Kier alpha value is -2.43. The molecule has 0 saturated carbocycles. The molecule has 5 nitrogen and oxygen atoms in total. The number of carbonyl (C=O) groups excluding carboxylic acids is 1. The van der Waals surface area contributed by atoms with E-state index in [2.05, 4.69) is 5.32 Å². The summed E-state index contributed by atoms with van der Waals surface area (Å²) < 4.78 is 5.09. The van der Waals surface area contributed by atoms with E-state index >= 15 is 0 Å². The number of hydrogen-bond donors (Lipinski definition) is 3. The molecule has 0 spiro atoms. The highest BCUT2D eigenvalue weighted by Gasteiger charge is 2.34. The highest BCUT2D eigenvalue weighted by molar-refractivity contribution is 5.78. The second-order valence-electron chi connectivity index (χ2n) is 4.60. The van der Waals surface area contributed by atoms with Crippen LogP contribution in [0, 0.1) is 0 Å². The summed E-state index contributed by atoms with van der Waals surface area (Å²) in [6, 6.07) is 2.52. The molecule has 0 aliphatic carbocycles. The van der Waals surface area contributed by atoms with Gasteiger partial charge in [-0.3, -0.25) is 4.79 Å². The Morgan fingerprint density at radius 2 is 2.11 bits per heavy atom. The molecule has 2 aliphatic heterocycles. The average Bonchev–Trinajstić information content (AvgIpc) is 2.38. The molecule has 0 aromatic heterocycles. The Balaban J connectivity index is 2.06. The molecule has 1 aromatic carbocycles. The average molecular weight is 259 g/mol. The predicted octanol–water partition coefficient (Wildman–Crippen LogP) is 1.53. The van der Waals surface area contributed by atoms with E-state index in [4.69, 9.17) is 4.74 Å². The number of ether oxygens (including phenoxy) is 1. The van der Waals surface area contributed by atoms with Crippen LogP contribution in [-0.4, -0.2) is 22.2 Å². The zero-order chi connectivity index (χ0) is 13.4. The SMILES string of the molecule is O=C1C[C@@H](C2C=CC=CN2)c2c(O)cc(O)cc2O1. The Labute approximate surface area is 109 Å². The van der Waals surface area contributed by atoms with Crippen LogP contribution in [0.2, 0.25) is 0 Å². The summed E-state index contributed by atoms with van der Waals surface area (Å²) >= 11 is 0. The lowest BCUT2D eigenvalue weighted by Crippen LogP contribution is -2.35. The molecule has 3 rings (SSSR count). The Bertz CT molecular complexity index is 591. The van der Waals surface area contributed by atoms with Gasteiger partial charge in [-0.15, -0.1) is 0 Å². The maximum atomic E-state index is 11.6. The third-order valence-corrected chi connectivity index (χ3v) is 3.33. The highest BCUT2D eigenvalue weighted by Crippen LogP contribution is 2.44. The maximum Gasteiger partial charge on any atom is 0.311 e. The van der Waals surface area contributed by atoms with Crippen LogP contribution in [0.4, 0.5) is 0 Å². The minimum atomic E-state index is -0.368. The lowest BCUT2D eigenvalue weighted by Gasteiger charge is -2.31. The zero-order valence-electron chi connectivity index (χ0n) is 10.0. The van der Waals surface area contributed by atoms with E-state index in [1.165, 1.54) is 12.1 Å². The fraction of sp³-hybridized carbons (Fsp3) is 0.214. The number of phenolic OH excluding ortho intramolecular Hbond substituents is 2. The molecule has 0 amide bonds. The molecule has 2 aliphatic rings. The lowest BCUT2D eigenvalue weighted by molar-refractivity contribution is -0.136. The summed E-state index contributed by atoms with van der Waals surface area (Å²) in [6.07, 6.45) is 7.65.